The van der Waals surface area contributed by atoms with Crippen LogP contribution in [0.4, 0.5) is 13.2 Å². The van der Waals surface area contributed by atoms with Gasteiger partial charge in [-0.25, -0.2) is 4.79 Å². The molecule has 0 radical (unpaired) electrons. The molecule has 13 heteroatoms. The highest BCUT2D eigenvalue weighted by Gasteiger charge is 2.50. The van der Waals surface area contributed by atoms with Gasteiger partial charge >= 0.3 is 12.1 Å². The lowest BCUT2D eigenvalue weighted by Gasteiger charge is -2.32. The molecule has 0 spiro atoms. The molecule has 2 saturated heterocycles. The van der Waals surface area contributed by atoms with Crippen molar-refractivity contribution in [3.05, 3.63) is 30.1 Å². The Morgan fingerprint density at radius 3 is 2.60 bits per heavy atom. The van der Waals surface area contributed by atoms with Crippen molar-refractivity contribution in [2.75, 3.05) is 27.2 Å². The van der Waals surface area contributed by atoms with Crippen molar-refractivity contribution in [2.24, 2.45) is 0 Å². The van der Waals surface area contributed by atoms with Gasteiger partial charge in [-0.2, -0.15) is 30.2 Å². The van der Waals surface area contributed by atoms with Gasteiger partial charge in [-0.1, -0.05) is 6.07 Å². The first kappa shape index (κ1) is 24.5. The van der Waals surface area contributed by atoms with Crippen molar-refractivity contribution in [3.8, 4) is 0 Å². The second-order valence-electron chi connectivity index (χ2n) is 6.88. The monoisotopic (exact) mass is 455 g/mol. The topological polar surface area (TPSA) is 109 Å². The molecule has 3 heterocycles. The van der Waals surface area contributed by atoms with Gasteiger partial charge in [0, 0.05) is 33.4 Å². The van der Waals surface area contributed by atoms with Gasteiger partial charge in [0.1, 0.15) is 6.10 Å². The molecule has 2 aliphatic heterocycles. The summed E-state index contributed by atoms with van der Waals surface area (Å²) >= 11 is 0. The molecule has 0 unspecified atom stereocenters. The molecule has 2 fully saturated rings. The van der Waals surface area contributed by atoms with Crippen molar-refractivity contribution in [3.63, 3.8) is 0 Å². The number of hydrogen-bond donors (Lipinski definition) is 1. The molecule has 1 aromatic heterocycles. The first-order valence-electron chi connectivity index (χ1n) is 9.07. The summed E-state index contributed by atoms with van der Waals surface area (Å²) in [6.07, 6.45) is -2.16. The largest absolute Gasteiger partial charge is 0.490 e. The minimum absolute atomic E-state index is 0.148. The molecular formula is C17H24F3N3O6S. The molecule has 1 N–H and O–H groups in total. The lowest BCUT2D eigenvalue weighted by molar-refractivity contribution is -0.192. The number of pyridine rings is 1. The Morgan fingerprint density at radius 1 is 1.40 bits per heavy atom. The Morgan fingerprint density at radius 2 is 2.07 bits per heavy atom. The van der Waals surface area contributed by atoms with Crippen LogP contribution in [-0.4, -0.2) is 84.8 Å². The van der Waals surface area contributed by atoms with E-state index in [1.54, 1.807) is 20.3 Å². The van der Waals surface area contributed by atoms with Crippen LogP contribution >= 0.6 is 0 Å². The number of aromatic nitrogens is 1. The fraction of sp³-hybridized carbons (Fsp3) is 0.647. The van der Waals surface area contributed by atoms with Crippen LogP contribution in [0.1, 0.15) is 18.5 Å². The first-order valence-corrected chi connectivity index (χ1v) is 10.5. The molecule has 30 heavy (non-hydrogen) atoms. The molecule has 3 atom stereocenters. The standard InChI is InChI=1S/C15H23N3O4S.C2HF3O2/c1-17(2)23(19,20)18-10-14(15-13(18)7-5-9-21-15)22-11-12-6-3-4-8-16-12;3-2(4,5)1(6)7/h3-4,6,8,13-15H,5,7,9-11H2,1-2H3;(H,6,7)/t13-,14+,15+;/m1./s1. The summed E-state index contributed by atoms with van der Waals surface area (Å²) in [6.45, 7) is 1.33. The van der Waals surface area contributed by atoms with Gasteiger partial charge in [-0.05, 0) is 25.0 Å². The van der Waals surface area contributed by atoms with E-state index in [2.05, 4.69) is 4.98 Å². The van der Waals surface area contributed by atoms with E-state index in [9.17, 15) is 21.6 Å². The Balaban J connectivity index is 0.000000396. The van der Waals surface area contributed by atoms with Crippen LogP contribution in [0.5, 0.6) is 0 Å². The number of carboxylic acid groups (broad SMARTS) is 1. The molecule has 0 aliphatic carbocycles. The molecule has 0 amide bonds. The Hall–Kier alpha value is -1.80. The molecule has 0 aromatic carbocycles. The third-order valence-electron chi connectivity index (χ3n) is 4.60. The minimum Gasteiger partial charge on any atom is -0.475 e. The molecule has 0 saturated carbocycles. The number of nitrogens with zero attached hydrogens (tertiary/aromatic N) is 3. The van der Waals surface area contributed by atoms with E-state index in [1.807, 2.05) is 18.2 Å². The Bertz CT molecular complexity index is 807. The first-order chi connectivity index (χ1) is 13.9. The van der Waals surface area contributed by atoms with E-state index < -0.39 is 22.4 Å². The van der Waals surface area contributed by atoms with E-state index in [-0.39, 0.29) is 18.2 Å². The number of rotatable bonds is 5. The summed E-state index contributed by atoms with van der Waals surface area (Å²) in [5, 5.41) is 7.12. The van der Waals surface area contributed by atoms with Crippen molar-refractivity contribution in [2.45, 2.75) is 43.9 Å². The number of alkyl halides is 3. The summed E-state index contributed by atoms with van der Waals surface area (Å²) in [7, 11) is -0.368. The average molecular weight is 455 g/mol. The molecule has 0 bridgehead atoms. The van der Waals surface area contributed by atoms with Gasteiger partial charge in [-0.3, -0.25) is 4.98 Å². The van der Waals surface area contributed by atoms with Crippen molar-refractivity contribution < 1.29 is 41.0 Å². The van der Waals surface area contributed by atoms with Crippen molar-refractivity contribution in [1.29, 1.82) is 0 Å². The molecule has 170 valence electrons. The van der Waals surface area contributed by atoms with Crippen LogP contribution in [0.3, 0.4) is 0 Å². The second kappa shape index (κ2) is 10.0. The SMILES string of the molecule is CN(C)S(=O)(=O)N1C[C@H](OCc2ccccn2)[C@H]2OCCC[C@H]21.O=C(O)C(F)(F)F. The van der Waals surface area contributed by atoms with E-state index in [0.717, 1.165) is 18.5 Å². The number of halogens is 3. The maximum atomic E-state index is 12.5. The number of carboxylic acids is 1. The van der Waals surface area contributed by atoms with Crippen molar-refractivity contribution >= 4 is 16.2 Å². The number of aliphatic carboxylic acids is 1. The highest BCUT2D eigenvalue weighted by molar-refractivity contribution is 7.86. The molecule has 9 nitrogen and oxygen atoms in total. The van der Waals surface area contributed by atoms with E-state index in [4.69, 9.17) is 19.4 Å². The van der Waals surface area contributed by atoms with Crippen LogP contribution in [0.2, 0.25) is 0 Å². The molecule has 1 aromatic rings. The predicted octanol–water partition coefficient (Wildman–Crippen LogP) is 1.27. The smallest absolute Gasteiger partial charge is 0.475 e. The Labute approximate surface area is 172 Å². The molecule has 3 rings (SSSR count). The number of ether oxygens (including phenoxy) is 2. The highest BCUT2D eigenvalue weighted by atomic mass is 32.2. The van der Waals surface area contributed by atoms with Gasteiger partial charge in [0.25, 0.3) is 10.2 Å². The fourth-order valence-electron chi connectivity index (χ4n) is 3.17. The van der Waals surface area contributed by atoms with E-state index >= 15 is 0 Å². The maximum absolute atomic E-state index is 12.5. The normalized spacial score (nSPS) is 24.8. The average Bonchev–Trinajstić information content (AvgIpc) is 3.06. The molecular weight excluding hydrogens is 431 g/mol. The van der Waals surface area contributed by atoms with Crippen LogP contribution in [0.15, 0.2) is 24.4 Å². The number of carbonyl (C=O) groups is 1. The zero-order valence-electron chi connectivity index (χ0n) is 16.4. The second-order valence-corrected chi connectivity index (χ2v) is 8.97. The quantitative estimate of drug-likeness (QED) is 0.712. The highest BCUT2D eigenvalue weighted by Crippen LogP contribution is 2.33. The number of fused-ring (bicyclic) bond motifs is 1. The zero-order valence-corrected chi connectivity index (χ0v) is 17.3. The van der Waals surface area contributed by atoms with Gasteiger partial charge in [0.15, 0.2) is 0 Å². The summed E-state index contributed by atoms with van der Waals surface area (Å²) in [4.78, 5) is 13.1. The summed E-state index contributed by atoms with van der Waals surface area (Å²) in [6, 6.07) is 5.50. The third-order valence-corrected chi connectivity index (χ3v) is 6.54. The van der Waals surface area contributed by atoms with Gasteiger partial charge in [-0.15, -0.1) is 0 Å². The number of hydrogen-bond acceptors (Lipinski definition) is 6. The van der Waals surface area contributed by atoms with Crippen LogP contribution < -0.4 is 0 Å². The van der Waals surface area contributed by atoms with E-state index in [1.165, 1.54) is 8.61 Å². The lowest BCUT2D eigenvalue weighted by Crippen LogP contribution is -2.47. The zero-order chi connectivity index (χ0) is 22.5. The van der Waals surface area contributed by atoms with Crippen LogP contribution in [0, 0.1) is 0 Å². The van der Waals surface area contributed by atoms with Crippen LogP contribution in [0.25, 0.3) is 0 Å². The van der Waals surface area contributed by atoms with Crippen molar-refractivity contribution in [1.82, 2.24) is 13.6 Å². The summed E-state index contributed by atoms with van der Waals surface area (Å²) < 4.78 is 71.4. The fourth-order valence-corrected chi connectivity index (χ4v) is 4.49. The summed E-state index contributed by atoms with van der Waals surface area (Å²) in [5.74, 6) is -2.76. The Kier molecular flexibility index (Phi) is 8.16. The lowest BCUT2D eigenvalue weighted by atomic mass is 10.0. The van der Waals surface area contributed by atoms with Gasteiger partial charge in [0.05, 0.1) is 24.4 Å². The summed E-state index contributed by atoms with van der Waals surface area (Å²) in [5.41, 5.74) is 0.828. The minimum atomic E-state index is -5.08. The van der Waals surface area contributed by atoms with Crippen LogP contribution in [-0.2, 0) is 31.1 Å². The molecule has 2 aliphatic rings. The van der Waals surface area contributed by atoms with Gasteiger partial charge in [0.2, 0.25) is 0 Å². The predicted molar refractivity (Wildman–Crippen MR) is 98.6 cm³/mol. The third kappa shape index (κ3) is 6.11. The van der Waals surface area contributed by atoms with E-state index in [0.29, 0.717) is 19.8 Å². The van der Waals surface area contributed by atoms with Gasteiger partial charge < -0.3 is 14.6 Å². The maximum Gasteiger partial charge on any atom is 0.490 e.